The van der Waals surface area contributed by atoms with Crippen molar-refractivity contribution >= 4 is 29.1 Å². The van der Waals surface area contributed by atoms with Crippen molar-refractivity contribution in [1.82, 2.24) is 0 Å². The van der Waals surface area contributed by atoms with Crippen molar-refractivity contribution in [3.63, 3.8) is 0 Å². The topological polar surface area (TPSA) is 44.5 Å². The van der Waals surface area contributed by atoms with Crippen molar-refractivity contribution in [3.05, 3.63) is 41.4 Å². The highest BCUT2D eigenvalue weighted by atomic mass is 35.5. The van der Waals surface area contributed by atoms with Gasteiger partial charge < -0.3 is 15.2 Å². The lowest BCUT2D eigenvalue weighted by atomic mass is 10.3. The van der Waals surface area contributed by atoms with E-state index in [0.717, 1.165) is 9.79 Å². The van der Waals surface area contributed by atoms with Gasteiger partial charge in [0.2, 0.25) is 0 Å². The first-order valence-corrected chi connectivity index (χ1v) is 6.78. The van der Waals surface area contributed by atoms with Crippen molar-refractivity contribution in [2.24, 2.45) is 0 Å². The number of nitrogen functional groups attached to an aromatic ring is 1. The lowest BCUT2D eigenvalue weighted by molar-refractivity contribution is 0.354. The van der Waals surface area contributed by atoms with Crippen LogP contribution in [0.3, 0.4) is 0 Å². The van der Waals surface area contributed by atoms with Crippen LogP contribution in [-0.2, 0) is 0 Å². The molecule has 100 valence electrons. The quantitative estimate of drug-likeness (QED) is 0.863. The van der Waals surface area contributed by atoms with E-state index in [-0.39, 0.29) is 0 Å². The molecule has 0 radical (unpaired) electrons. The first-order valence-electron chi connectivity index (χ1n) is 5.59. The molecule has 0 bridgehead atoms. The predicted octanol–water partition coefficient (Wildman–Crippen LogP) is 4.09. The van der Waals surface area contributed by atoms with Crippen molar-refractivity contribution in [3.8, 4) is 11.5 Å². The molecule has 0 aliphatic rings. The summed E-state index contributed by atoms with van der Waals surface area (Å²) >= 11 is 7.50. The summed E-state index contributed by atoms with van der Waals surface area (Å²) in [6.45, 7) is 0. The first kappa shape index (κ1) is 13.9. The van der Waals surface area contributed by atoms with Crippen LogP contribution in [0.4, 0.5) is 5.69 Å². The monoisotopic (exact) mass is 295 g/mol. The molecule has 2 N–H and O–H groups in total. The van der Waals surface area contributed by atoms with Crippen molar-refractivity contribution in [2.45, 2.75) is 9.79 Å². The molecule has 2 aromatic carbocycles. The minimum absolute atomic E-state index is 0.621. The van der Waals surface area contributed by atoms with Gasteiger partial charge in [0.1, 0.15) is 0 Å². The van der Waals surface area contributed by atoms with E-state index in [0.29, 0.717) is 22.2 Å². The number of nitrogens with two attached hydrogens (primary N) is 1. The number of anilines is 1. The minimum atomic E-state index is 0.621. The highest BCUT2D eigenvalue weighted by Crippen LogP contribution is 2.40. The molecule has 0 aromatic heterocycles. The zero-order valence-corrected chi connectivity index (χ0v) is 12.2. The van der Waals surface area contributed by atoms with Gasteiger partial charge in [0.05, 0.1) is 14.2 Å². The molecule has 19 heavy (non-hydrogen) atoms. The third-order valence-electron chi connectivity index (χ3n) is 2.54. The Bertz CT molecular complexity index is 590. The number of hydrogen-bond donors (Lipinski definition) is 1. The Kier molecular flexibility index (Phi) is 4.45. The number of halogens is 1. The number of rotatable bonds is 4. The molecule has 0 heterocycles. The van der Waals surface area contributed by atoms with Crippen molar-refractivity contribution in [1.29, 1.82) is 0 Å². The van der Waals surface area contributed by atoms with E-state index < -0.39 is 0 Å². The fraction of sp³-hybridized carbons (Fsp3) is 0.143. The highest BCUT2D eigenvalue weighted by Gasteiger charge is 2.10. The largest absolute Gasteiger partial charge is 0.493 e. The second kappa shape index (κ2) is 6.08. The van der Waals surface area contributed by atoms with Crippen LogP contribution in [0.2, 0.25) is 5.02 Å². The average Bonchev–Trinajstić information content (AvgIpc) is 2.40. The summed E-state index contributed by atoms with van der Waals surface area (Å²) in [6.07, 6.45) is 0. The van der Waals surface area contributed by atoms with Crippen LogP contribution in [0.5, 0.6) is 11.5 Å². The Morgan fingerprint density at radius 2 is 1.74 bits per heavy atom. The molecule has 2 aromatic rings. The number of methoxy groups -OCH3 is 2. The standard InChI is InChI=1S/C14H14ClNO2S/c1-17-12-7-11(16)14(8-13(12)18-2)19-10-5-3-4-9(15)6-10/h3-8H,16H2,1-2H3. The summed E-state index contributed by atoms with van der Waals surface area (Å²) in [7, 11) is 3.18. The third-order valence-corrected chi connectivity index (χ3v) is 3.84. The summed E-state index contributed by atoms with van der Waals surface area (Å²) < 4.78 is 10.5. The minimum Gasteiger partial charge on any atom is -0.493 e. The van der Waals surface area contributed by atoms with Gasteiger partial charge in [-0.1, -0.05) is 29.4 Å². The zero-order chi connectivity index (χ0) is 13.8. The lowest BCUT2D eigenvalue weighted by Gasteiger charge is -2.12. The molecule has 3 nitrogen and oxygen atoms in total. The molecule has 0 saturated carbocycles. The summed E-state index contributed by atoms with van der Waals surface area (Å²) in [5, 5.41) is 0.698. The molecular weight excluding hydrogens is 282 g/mol. The van der Waals surface area contributed by atoms with E-state index >= 15 is 0 Å². The Labute approximate surface area is 121 Å². The van der Waals surface area contributed by atoms with Gasteiger partial charge in [0.25, 0.3) is 0 Å². The Hall–Kier alpha value is -1.52. The van der Waals surface area contributed by atoms with E-state index in [1.54, 1.807) is 20.3 Å². The van der Waals surface area contributed by atoms with Gasteiger partial charge in [-0.3, -0.25) is 0 Å². The van der Waals surface area contributed by atoms with Crippen molar-refractivity contribution in [2.75, 3.05) is 20.0 Å². The lowest BCUT2D eigenvalue weighted by Crippen LogP contribution is -1.95. The van der Waals surface area contributed by atoms with E-state index in [9.17, 15) is 0 Å². The van der Waals surface area contributed by atoms with Crippen LogP contribution in [0.1, 0.15) is 0 Å². The Balaban J connectivity index is 2.35. The van der Waals surface area contributed by atoms with Gasteiger partial charge in [0.15, 0.2) is 11.5 Å². The molecule has 0 aliphatic heterocycles. The van der Waals surface area contributed by atoms with Crippen LogP contribution < -0.4 is 15.2 Å². The number of benzene rings is 2. The fourth-order valence-electron chi connectivity index (χ4n) is 1.62. The second-order valence-corrected chi connectivity index (χ2v) is 5.36. The zero-order valence-electron chi connectivity index (χ0n) is 10.6. The van der Waals surface area contributed by atoms with Crippen LogP contribution >= 0.6 is 23.4 Å². The van der Waals surface area contributed by atoms with E-state index in [4.69, 9.17) is 26.8 Å². The average molecular weight is 296 g/mol. The summed E-state index contributed by atoms with van der Waals surface area (Å²) in [6, 6.07) is 11.2. The van der Waals surface area contributed by atoms with Gasteiger partial charge in [-0.05, 0) is 24.3 Å². The van der Waals surface area contributed by atoms with Crippen molar-refractivity contribution < 1.29 is 9.47 Å². The van der Waals surface area contributed by atoms with E-state index in [2.05, 4.69) is 0 Å². The third kappa shape index (κ3) is 3.28. The maximum Gasteiger partial charge on any atom is 0.162 e. The van der Waals surface area contributed by atoms with Gasteiger partial charge in [-0.15, -0.1) is 0 Å². The fourth-order valence-corrected chi connectivity index (χ4v) is 2.81. The molecule has 0 aliphatic carbocycles. The molecule has 0 spiro atoms. The summed E-state index contributed by atoms with van der Waals surface area (Å²) in [5.41, 5.74) is 6.66. The summed E-state index contributed by atoms with van der Waals surface area (Å²) in [5.74, 6) is 1.27. The maximum atomic E-state index is 6.02. The molecule has 0 unspecified atom stereocenters. The van der Waals surface area contributed by atoms with Crippen LogP contribution in [0.25, 0.3) is 0 Å². The predicted molar refractivity (Wildman–Crippen MR) is 79.5 cm³/mol. The molecule has 5 heteroatoms. The molecule has 0 fully saturated rings. The highest BCUT2D eigenvalue weighted by molar-refractivity contribution is 7.99. The molecule has 0 atom stereocenters. The normalized spacial score (nSPS) is 10.3. The SMILES string of the molecule is COc1cc(N)c(Sc2cccc(Cl)c2)cc1OC. The Morgan fingerprint density at radius 3 is 2.37 bits per heavy atom. The van der Waals surface area contributed by atoms with Gasteiger partial charge in [0, 0.05) is 26.6 Å². The maximum absolute atomic E-state index is 6.02. The van der Waals surface area contributed by atoms with Crippen LogP contribution in [0.15, 0.2) is 46.2 Å². The molecular formula is C14H14ClNO2S. The van der Waals surface area contributed by atoms with Gasteiger partial charge >= 0.3 is 0 Å². The van der Waals surface area contributed by atoms with E-state index in [1.807, 2.05) is 30.3 Å². The van der Waals surface area contributed by atoms with Gasteiger partial charge in [-0.2, -0.15) is 0 Å². The second-order valence-electron chi connectivity index (χ2n) is 3.80. The van der Waals surface area contributed by atoms with Crippen LogP contribution in [-0.4, -0.2) is 14.2 Å². The molecule has 0 amide bonds. The van der Waals surface area contributed by atoms with Crippen LogP contribution in [0, 0.1) is 0 Å². The summed E-state index contributed by atoms with van der Waals surface area (Å²) in [4.78, 5) is 1.92. The number of hydrogen-bond acceptors (Lipinski definition) is 4. The molecule has 0 saturated heterocycles. The first-order chi connectivity index (χ1) is 9.13. The Morgan fingerprint density at radius 1 is 1.05 bits per heavy atom. The smallest absolute Gasteiger partial charge is 0.162 e. The number of ether oxygens (including phenoxy) is 2. The van der Waals surface area contributed by atoms with E-state index in [1.165, 1.54) is 11.8 Å². The van der Waals surface area contributed by atoms with Gasteiger partial charge in [-0.25, -0.2) is 0 Å². The molecule has 2 rings (SSSR count).